The largest absolute Gasteiger partial charge is 0.348 e. The molecule has 0 saturated heterocycles. The van der Waals surface area contributed by atoms with E-state index in [0.717, 1.165) is 41.3 Å². The van der Waals surface area contributed by atoms with Crippen LogP contribution in [0.15, 0.2) is 12.4 Å². The molecule has 18 heavy (non-hydrogen) atoms. The first kappa shape index (κ1) is 11.4. The van der Waals surface area contributed by atoms with Gasteiger partial charge < -0.3 is 10.3 Å². The molecule has 0 radical (unpaired) electrons. The number of nitrogens with one attached hydrogen (secondary N) is 2. The zero-order valence-electron chi connectivity index (χ0n) is 10.1. The first-order valence-electron chi connectivity index (χ1n) is 5.97. The number of hydrogen-bond acceptors (Lipinski definition) is 4. The number of carbonyl (C=O) groups excluding carboxylic acids is 1. The number of aromatic amines is 1. The average molecular weight is 262 g/mol. The molecule has 0 aliphatic heterocycles. The first-order chi connectivity index (χ1) is 8.72. The first-order valence-corrected chi connectivity index (χ1v) is 6.75. The summed E-state index contributed by atoms with van der Waals surface area (Å²) in [4.78, 5) is 19.5. The number of nitrogens with zero attached hydrogens (tertiary/aromatic N) is 2. The number of H-pyrrole nitrogens is 1. The number of hydrogen-bond donors (Lipinski definition) is 2. The highest BCUT2D eigenvalue weighted by Crippen LogP contribution is 2.25. The molecule has 3 rings (SSSR count). The van der Waals surface area contributed by atoms with Gasteiger partial charge in [-0.2, -0.15) is 4.37 Å². The van der Waals surface area contributed by atoms with Crippen molar-refractivity contribution in [3.63, 3.8) is 0 Å². The fourth-order valence-electron chi connectivity index (χ4n) is 2.27. The Morgan fingerprint density at radius 3 is 3.28 bits per heavy atom. The monoisotopic (exact) mass is 262 g/mol. The lowest BCUT2D eigenvalue weighted by molar-refractivity contribution is -0.120. The van der Waals surface area contributed by atoms with E-state index in [-0.39, 0.29) is 11.8 Å². The normalized spacial score (nSPS) is 18.4. The van der Waals surface area contributed by atoms with Gasteiger partial charge in [0.1, 0.15) is 5.00 Å². The maximum Gasteiger partial charge on any atom is 0.228 e. The highest BCUT2D eigenvalue weighted by Gasteiger charge is 2.26. The summed E-state index contributed by atoms with van der Waals surface area (Å²) in [5.74, 6) is 0.110. The predicted molar refractivity (Wildman–Crippen MR) is 69.6 cm³/mol. The minimum Gasteiger partial charge on any atom is -0.348 e. The average Bonchev–Trinajstić information content (AvgIpc) is 2.96. The van der Waals surface area contributed by atoms with Crippen molar-refractivity contribution < 1.29 is 4.79 Å². The second-order valence-electron chi connectivity index (χ2n) is 4.59. The van der Waals surface area contributed by atoms with Crippen molar-refractivity contribution in [2.75, 3.05) is 5.32 Å². The van der Waals surface area contributed by atoms with E-state index in [4.69, 9.17) is 0 Å². The molecule has 2 N–H and O–H groups in total. The van der Waals surface area contributed by atoms with E-state index in [1.54, 1.807) is 6.33 Å². The fraction of sp³-hybridized carbons (Fsp3) is 0.417. The van der Waals surface area contributed by atoms with Crippen molar-refractivity contribution >= 4 is 22.4 Å². The van der Waals surface area contributed by atoms with Gasteiger partial charge in [-0.15, -0.1) is 0 Å². The van der Waals surface area contributed by atoms with Crippen LogP contribution in [0.3, 0.4) is 0 Å². The van der Waals surface area contributed by atoms with Crippen LogP contribution in [-0.2, 0) is 17.6 Å². The number of aryl methyl sites for hydroxylation is 2. The van der Waals surface area contributed by atoms with Crippen LogP contribution in [0.1, 0.15) is 23.5 Å². The van der Waals surface area contributed by atoms with Crippen molar-refractivity contribution in [3.8, 4) is 0 Å². The van der Waals surface area contributed by atoms with Crippen molar-refractivity contribution in [2.45, 2.75) is 26.2 Å². The van der Waals surface area contributed by atoms with Gasteiger partial charge in [0, 0.05) is 18.0 Å². The topological polar surface area (TPSA) is 70.7 Å². The van der Waals surface area contributed by atoms with Gasteiger partial charge in [0.25, 0.3) is 0 Å². The third-order valence-electron chi connectivity index (χ3n) is 3.23. The third-order valence-corrected chi connectivity index (χ3v) is 4.03. The van der Waals surface area contributed by atoms with Gasteiger partial charge in [-0.3, -0.25) is 4.79 Å². The molecule has 1 unspecified atom stereocenters. The molecule has 2 aromatic heterocycles. The minimum atomic E-state index is 0.0281. The molecule has 2 heterocycles. The molecule has 0 bridgehead atoms. The summed E-state index contributed by atoms with van der Waals surface area (Å²) in [5, 5.41) is 3.77. The quantitative estimate of drug-likeness (QED) is 0.868. The molecule has 6 heteroatoms. The van der Waals surface area contributed by atoms with Crippen LogP contribution in [0.4, 0.5) is 5.00 Å². The van der Waals surface area contributed by atoms with Crippen molar-refractivity contribution in [1.29, 1.82) is 0 Å². The number of anilines is 1. The van der Waals surface area contributed by atoms with E-state index in [0.29, 0.717) is 0 Å². The Balaban J connectivity index is 1.67. The number of rotatable bonds is 2. The number of imidazole rings is 1. The molecule has 1 aliphatic carbocycles. The molecular formula is C12H14N4OS. The molecule has 0 spiro atoms. The van der Waals surface area contributed by atoms with Gasteiger partial charge in [-0.25, -0.2) is 4.98 Å². The number of amides is 1. The van der Waals surface area contributed by atoms with Crippen LogP contribution in [0.25, 0.3) is 0 Å². The Hall–Kier alpha value is -1.69. The second-order valence-corrected chi connectivity index (χ2v) is 5.39. The highest BCUT2D eigenvalue weighted by molar-refractivity contribution is 7.10. The Bertz CT molecular complexity index is 574. The Kier molecular flexibility index (Phi) is 2.87. The molecule has 2 aromatic rings. The summed E-state index contributed by atoms with van der Waals surface area (Å²) in [6.07, 6.45) is 4.19. The van der Waals surface area contributed by atoms with Crippen LogP contribution in [0, 0.1) is 12.8 Å². The van der Waals surface area contributed by atoms with Crippen LogP contribution >= 0.6 is 11.5 Å². The smallest absolute Gasteiger partial charge is 0.228 e. The fourth-order valence-corrected chi connectivity index (χ4v) is 2.94. The van der Waals surface area contributed by atoms with Crippen LogP contribution < -0.4 is 5.32 Å². The summed E-state index contributed by atoms with van der Waals surface area (Å²) in [5.41, 5.74) is 3.14. The molecule has 1 atom stereocenters. The molecule has 0 saturated carbocycles. The SMILES string of the molecule is Cc1cc(NC(=O)C2CCc3nc[nH]c3C2)sn1. The maximum atomic E-state index is 12.1. The van der Waals surface area contributed by atoms with Crippen molar-refractivity contribution in [2.24, 2.45) is 5.92 Å². The predicted octanol–water partition coefficient (Wildman–Crippen LogP) is 1.92. The summed E-state index contributed by atoms with van der Waals surface area (Å²) in [7, 11) is 0. The zero-order chi connectivity index (χ0) is 12.5. The van der Waals surface area contributed by atoms with E-state index >= 15 is 0 Å². The van der Waals surface area contributed by atoms with Gasteiger partial charge >= 0.3 is 0 Å². The van der Waals surface area contributed by atoms with E-state index in [1.807, 2.05) is 13.0 Å². The lowest BCUT2D eigenvalue weighted by Crippen LogP contribution is -2.27. The molecule has 1 amide bonds. The van der Waals surface area contributed by atoms with Crippen LogP contribution in [0.2, 0.25) is 0 Å². The molecular weight excluding hydrogens is 248 g/mol. The zero-order valence-corrected chi connectivity index (χ0v) is 10.9. The molecule has 1 aliphatic rings. The van der Waals surface area contributed by atoms with E-state index < -0.39 is 0 Å². The van der Waals surface area contributed by atoms with Gasteiger partial charge in [0.15, 0.2) is 0 Å². The summed E-state index contributed by atoms with van der Waals surface area (Å²) < 4.78 is 4.15. The maximum absolute atomic E-state index is 12.1. The molecule has 0 aromatic carbocycles. The molecule has 0 fully saturated rings. The lowest BCUT2D eigenvalue weighted by Gasteiger charge is -2.20. The Morgan fingerprint density at radius 1 is 1.61 bits per heavy atom. The van der Waals surface area contributed by atoms with Crippen LogP contribution in [-0.4, -0.2) is 20.2 Å². The van der Waals surface area contributed by atoms with E-state index in [2.05, 4.69) is 19.7 Å². The molecule has 5 nitrogen and oxygen atoms in total. The van der Waals surface area contributed by atoms with Gasteiger partial charge in [0.2, 0.25) is 5.91 Å². The van der Waals surface area contributed by atoms with Crippen molar-refractivity contribution in [3.05, 3.63) is 29.5 Å². The summed E-state index contributed by atoms with van der Waals surface area (Å²) in [6, 6.07) is 1.90. The van der Waals surface area contributed by atoms with E-state index in [1.165, 1.54) is 11.5 Å². The summed E-state index contributed by atoms with van der Waals surface area (Å²) in [6.45, 7) is 1.92. The Morgan fingerprint density at radius 2 is 2.50 bits per heavy atom. The number of carbonyl (C=O) groups is 1. The second kappa shape index (κ2) is 4.53. The highest BCUT2D eigenvalue weighted by atomic mass is 32.1. The van der Waals surface area contributed by atoms with Crippen molar-refractivity contribution in [1.82, 2.24) is 14.3 Å². The number of aromatic nitrogens is 3. The Labute approximate surface area is 109 Å². The van der Waals surface area contributed by atoms with Gasteiger partial charge in [0.05, 0.1) is 17.7 Å². The molecule has 94 valence electrons. The summed E-state index contributed by atoms with van der Waals surface area (Å²) >= 11 is 1.33. The third kappa shape index (κ3) is 2.15. The lowest BCUT2D eigenvalue weighted by atomic mass is 9.89. The van der Waals surface area contributed by atoms with Gasteiger partial charge in [-0.1, -0.05) is 0 Å². The minimum absolute atomic E-state index is 0.0281. The van der Waals surface area contributed by atoms with E-state index in [9.17, 15) is 4.79 Å². The van der Waals surface area contributed by atoms with Gasteiger partial charge in [-0.05, 0) is 37.4 Å². The van der Waals surface area contributed by atoms with Crippen LogP contribution in [0.5, 0.6) is 0 Å². The number of fused-ring (bicyclic) bond motifs is 1. The standard InChI is InChI=1S/C12H14N4OS/c1-7-4-11(18-16-7)15-12(17)8-2-3-9-10(5-8)14-6-13-9/h4,6,8H,2-3,5H2,1H3,(H,13,14)(H,15,17).